The number of fused-ring (bicyclic) bond motifs is 2. The summed E-state index contributed by atoms with van der Waals surface area (Å²) in [4.78, 5) is 33.2. The molecule has 0 radical (unpaired) electrons. The van der Waals surface area contributed by atoms with E-state index in [1.165, 1.54) is 12.1 Å². The van der Waals surface area contributed by atoms with Gasteiger partial charge in [0, 0.05) is 5.39 Å². The lowest BCUT2D eigenvalue weighted by atomic mass is 10.2. The van der Waals surface area contributed by atoms with E-state index in [4.69, 9.17) is 0 Å². The van der Waals surface area contributed by atoms with E-state index in [-0.39, 0.29) is 22.8 Å². The maximum atomic E-state index is 13.4. The third-order valence-corrected chi connectivity index (χ3v) is 3.77. The molecule has 0 aliphatic rings. The first kappa shape index (κ1) is 15.6. The van der Waals surface area contributed by atoms with Gasteiger partial charge < -0.3 is 15.1 Å². The molecule has 2 aromatic heterocycles. The lowest BCUT2D eigenvalue weighted by molar-refractivity contribution is 0.0985. The monoisotopic (exact) mass is 351 g/mol. The maximum absolute atomic E-state index is 13.4. The van der Waals surface area contributed by atoms with E-state index in [0.717, 1.165) is 6.07 Å². The second-order valence-corrected chi connectivity index (χ2v) is 5.45. The number of nitrogens with one attached hydrogen (secondary N) is 2. The number of hydrogen-bond donors (Lipinski definition) is 3. The molecule has 0 saturated heterocycles. The summed E-state index contributed by atoms with van der Waals surface area (Å²) in [6.07, 6.45) is 0. The van der Waals surface area contributed by atoms with E-state index >= 15 is 0 Å². The van der Waals surface area contributed by atoms with E-state index in [1.807, 2.05) is 0 Å². The normalized spacial score (nSPS) is 11.6. The first-order valence-electron chi connectivity index (χ1n) is 7.48. The summed E-state index contributed by atoms with van der Waals surface area (Å²) in [6.45, 7) is 0. The lowest BCUT2D eigenvalue weighted by Crippen LogP contribution is -2.14. The zero-order valence-electron chi connectivity index (χ0n) is 13.0. The number of carbonyl (C=O) groups excluding carboxylic acids is 1. The Morgan fingerprint density at radius 2 is 1.92 bits per heavy atom. The van der Waals surface area contributed by atoms with Crippen molar-refractivity contribution >= 4 is 33.4 Å². The zero-order chi connectivity index (χ0) is 18.3. The molecule has 0 aliphatic heterocycles. The number of benzene rings is 2. The van der Waals surface area contributed by atoms with Crippen molar-refractivity contribution in [1.29, 1.82) is 0 Å². The molecule has 26 heavy (non-hydrogen) atoms. The molecule has 3 N–H and O–H groups in total. The highest BCUT2D eigenvalue weighted by molar-refractivity contribution is 5.96. The summed E-state index contributed by atoms with van der Waals surface area (Å²) in [7, 11) is 0. The van der Waals surface area contributed by atoms with Gasteiger partial charge in [-0.05, 0) is 30.3 Å². The number of rotatable bonds is 2. The van der Waals surface area contributed by atoms with Crippen LogP contribution in [-0.2, 0) is 0 Å². The van der Waals surface area contributed by atoms with Gasteiger partial charge >= 0.3 is 5.91 Å². The minimum Gasteiger partial charge on any atom is -0.493 e. The fourth-order valence-corrected chi connectivity index (χ4v) is 2.57. The molecule has 0 unspecified atom stereocenters. The standard InChI is InChI=1S/C17H10FN5O3/c18-8-5-6-12-10(7-8)13(16(25)20-12)22-23-17(26)14-19-11-4-2-1-3-9(11)15(24)21-14/h1-7,20,25H,(H,19,21,24). The number of nitrogens with zero attached hydrogens (tertiary/aromatic N) is 3. The highest BCUT2D eigenvalue weighted by Gasteiger charge is 2.14. The molecule has 0 atom stereocenters. The van der Waals surface area contributed by atoms with Crippen LogP contribution in [0.2, 0.25) is 0 Å². The van der Waals surface area contributed by atoms with Crippen LogP contribution < -0.4 is 5.56 Å². The maximum Gasteiger partial charge on any atom is 0.331 e. The fourth-order valence-electron chi connectivity index (χ4n) is 2.57. The molecule has 0 aliphatic carbocycles. The molecule has 1 amide bonds. The highest BCUT2D eigenvalue weighted by atomic mass is 19.1. The Morgan fingerprint density at radius 3 is 2.77 bits per heavy atom. The first-order chi connectivity index (χ1) is 12.5. The molecule has 0 bridgehead atoms. The predicted octanol–water partition coefficient (Wildman–Crippen LogP) is 3.17. The van der Waals surface area contributed by atoms with Gasteiger partial charge in [-0.15, -0.1) is 10.2 Å². The van der Waals surface area contributed by atoms with Gasteiger partial charge in [0.2, 0.25) is 11.7 Å². The van der Waals surface area contributed by atoms with Crippen LogP contribution >= 0.6 is 0 Å². The Bertz CT molecular complexity index is 1260. The number of para-hydroxylation sites is 1. The average Bonchev–Trinajstić information content (AvgIpc) is 2.94. The van der Waals surface area contributed by atoms with E-state index in [0.29, 0.717) is 16.4 Å². The SMILES string of the molecule is O=C(N=Nc1c(O)[nH]c2ccc(F)cc12)c1nc2ccccc2c(=O)[nH]1. The number of hydrogen-bond acceptors (Lipinski definition) is 5. The summed E-state index contributed by atoms with van der Waals surface area (Å²) < 4.78 is 13.4. The van der Waals surface area contributed by atoms with Crippen LogP contribution in [0.3, 0.4) is 0 Å². The van der Waals surface area contributed by atoms with Gasteiger partial charge in [-0.25, -0.2) is 9.37 Å². The minimum absolute atomic E-state index is 0.0870. The van der Waals surface area contributed by atoms with Crippen LogP contribution in [0, 0.1) is 5.82 Å². The largest absolute Gasteiger partial charge is 0.493 e. The molecule has 9 heteroatoms. The van der Waals surface area contributed by atoms with Gasteiger partial charge in [-0.1, -0.05) is 12.1 Å². The number of amides is 1. The summed E-state index contributed by atoms with van der Waals surface area (Å²) in [5, 5.41) is 17.6. The summed E-state index contributed by atoms with van der Waals surface area (Å²) in [6, 6.07) is 10.3. The van der Waals surface area contributed by atoms with Crippen molar-refractivity contribution in [3.8, 4) is 5.88 Å². The Balaban J connectivity index is 1.74. The van der Waals surface area contributed by atoms with Gasteiger partial charge in [0.15, 0.2) is 5.69 Å². The molecule has 0 saturated carbocycles. The first-order valence-corrected chi connectivity index (χ1v) is 7.48. The van der Waals surface area contributed by atoms with E-state index < -0.39 is 17.3 Å². The number of aromatic nitrogens is 3. The smallest absolute Gasteiger partial charge is 0.331 e. The molecule has 0 spiro atoms. The molecule has 128 valence electrons. The van der Waals surface area contributed by atoms with E-state index in [9.17, 15) is 19.1 Å². The van der Waals surface area contributed by atoms with Crippen molar-refractivity contribution in [2.24, 2.45) is 10.2 Å². The summed E-state index contributed by atoms with van der Waals surface area (Å²) in [5.41, 5.74) is 0.205. The van der Waals surface area contributed by atoms with Crippen molar-refractivity contribution in [3.05, 3.63) is 64.5 Å². The number of halogens is 1. The molecule has 0 fully saturated rings. The molecule has 4 rings (SSSR count). The molecular weight excluding hydrogens is 341 g/mol. The number of aromatic hydroxyl groups is 1. The van der Waals surface area contributed by atoms with Crippen molar-refractivity contribution in [3.63, 3.8) is 0 Å². The van der Waals surface area contributed by atoms with E-state index in [1.54, 1.807) is 24.3 Å². The van der Waals surface area contributed by atoms with Crippen LogP contribution in [0.1, 0.15) is 10.6 Å². The Morgan fingerprint density at radius 1 is 1.12 bits per heavy atom. The van der Waals surface area contributed by atoms with Crippen LogP contribution in [0.25, 0.3) is 21.8 Å². The molecular formula is C17H10FN5O3. The number of H-pyrrole nitrogens is 2. The van der Waals surface area contributed by atoms with Crippen LogP contribution in [0.5, 0.6) is 5.88 Å². The Labute approximate surface area is 144 Å². The Hall–Kier alpha value is -3.88. The Kier molecular flexibility index (Phi) is 3.54. The zero-order valence-corrected chi connectivity index (χ0v) is 13.0. The van der Waals surface area contributed by atoms with Gasteiger partial charge in [-0.3, -0.25) is 9.59 Å². The van der Waals surface area contributed by atoms with Crippen LogP contribution in [0.4, 0.5) is 10.1 Å². The second-order valence-electron chi connectivity index (χ2n) is 5.45. The molecule has 2 aromatic carbocycles. The predicted molar refractivity (Wildman–Crippen MR) is 91.1 cm³/mol. The topological polar surface area (TPSA) is 124 Å². The third-order valence-electron chi connectivity index (χ3n) is 3.77. The second kappa shape index (κ2) is 5.88. The molecule has 2 heterocycles. The summed E-state index contributed by atoms with van der Waals surface area (Å²) >= 11 is 0. The number of azo groups is 1. The van der Waals surface area contributed by atoms with Crippen LogP contribution in [0.15, 0.2) is 57.5 Å². The van der Waals surface area contributed by atoms with Crippen molar-refractivity contribution in [1.82, 2.24) is 15.0 Å². The fraction of sp³-hybridized carbons (Fsp3) is 0. The van der Waals surface area contributed by atoms with E-state index in [2.05, 4.69) is 25.2 Å². The van der Waals surface area contributed by atoms with Gasteiger partial charge in [-0.2, -0.15) is 0 Å². The summed E-state index contributed by atoms with van der Waals surface area (Å²) in [5.74, 6) is -2.08. The third kappa shape index (κ3) is 2.61. The average molecular weight is 351 g/mol. The number of aromatic amines is 2. The van der Waals surface area contributed by atoms with Gasteiger partial charge in [0.1, 0.15) is 5.82 Å². The highest BCUT2D eigenvalue weighted by Crippen LogP contribution is 2.35. The minimum atomic E-state index is -0.905. The van der Waals surface area contributed by atoms with Crippen molar-refractivity contribution in [2.45, 2.75) is 0 Å². The quantitative estimate of drug-likeness (QED) is 0.480. The van der Waals surface area contributed by atoms with Gasteiger partial charge in [0.25, 0.3) is 5.56 Å². The van der Waals surface area contributed by atoms with Crippen molar-refractivity contribution < 1.29 is 14.3 Å². The molecule has 8 nitrogen and oxygen atoms in total. The number of carbonyl (C=O) groups is 1. The van der Waals surface area contributed by atoms with Crippen molar-refractivity contribution in [2.75, 3.05) is 0 Å². The van der Waals surface area contributed by atoms with Crippen LogP contribution in [-0.4, -0.2) is 26.0 Å². The lowest BCUT2D eigenvalue weighted by Gasteiger charge is -1.98. The van der Waals surface area contributed by atoms with Gasteiger partial charge in [0.05, 0.1) is 16.4 Å². The molecule has 4 aromatic rings.